The van der Waals surface area contributed by atoms with E-state index in [4.69, 9.17) is 5.73 Å². The smallest absolute Gasteiger partial charge is 0.257 e. The number of hydrogen-bond acceptors (Lipinski definition) is 4. The van der Waals surface area contributed by atoms with Gasteiger partial charge in [0, 0.05) is 38.9 Å². The Bertz CT molecular complexity index is 623. The largest absolute Gasteiger partial charge is 0.337 e. The van der Waals surface area contributed by atoms with Crippen LogP contribution in [0.1, 0.15) is 16.8 Å². The van der Waals surface area contributed by atoms with Crippen LogP contribution in [0, 0.1) is 0 Å². The van der Waals surface area contributed by atoms with Gasteiger partial charge >= 0.3 is 0 Å². The van der Waals surface area contributed by atoms with Crippen molar-refractivity contribution in [2.75, 3.05) is 39.3 Å². The molecule has 112 valence electrons. The summed E-state index contributed by atoms with van der Waals surface area (Å²) in [5.41, 5.74) is 7.16. The van der Waals surface area contributed by atoms with Gasteiger partial charge in [-0.2, -0.15) is 5.10 Å². The van der Waals surface area contributed by atoms with Crippen molar-refractivity contribution in [1.29, 1.82) is 0 Å². The van der Waals surface area contributed by atoms with Gasteiger partial charge in [-0.3, -0.25) is 4.79 Å². The average Bonchev–Trinajstić information content (AvgIpc) is 2.80. The summed E-state index contributed by atoms with van der Waals surface area (Å²) in [4.78, 5) is 17.0. The molecule has 0 spiro atoms. The lowest BCUT2D eigenvalue weighted by atomic mass is 10.2. The van der Waals surface area contributed by atoms with E-state index in [0.29, 0.717) is 12.1 Å². The van der Waals surface area contributed by atoms with Crippen molar-refractivity contribution < 1.29 is 4.79 Å². The molecule has 3 rings (SSSR count). The topological polar surface area (TPSA) is 66.9 Å². The quantitative estimate of drug-likeness (QED) is 0.889. The van der Waals surface area contributed by atoms with Crippen molar-refractivity contribution in [3.8, 4) is 0 Å². The van der Waals surface area contributed by atoms with Crippen LogP contribution in [0.15, 0.2) is 30.6 Å². The van der Waals surface area contributed by atoms with Crippen LogP contribution in [0.3, 0.4) is 0 Å². The number of pyridine rings is 1. The molecule has 0 aromatic carbocycles. The van der Waals surface area contributed by atoms with E-state index in [1.54, 1.807) is 10.7 Å². The molecule has 0 atom stereocenters. The van der Waals surface area contributed by atoms with Gasteiger partial charge in [-0.15, -0.1) is 0 Å². The summed E-state index contributed by atoms with van der Waals surface area (Å²) in [5.74, 6) is 0.0748. The SMILES string of the molecule is NCCN1CCCN(C(=O)c2cnn3ccccc23)CC1. The molecule has 0 unspecified atom stereocenters. The Morgan fingerprint density at radius 2 is 2.14 bits per heavy atom. The number of carbonyl (C=O) groups excluding carboxylic acids is 1. The zero-order valence-corrected chi connectivity index (χ0v) is 12.1. The molecule has 6 nitrogen and oxygen atoms in total. The molecule has 0 saturated carbocycles. The highest BCUT2D eigenvalue weighted by Gasteiger charge is 2.22. The van der Waals surface area contributed by atoms with Gasteiger partial charge in [0.1, 0.15) is 0 Å². The molecule has 3 heterocycles. The minimum absolute atomic E-state index is 0.0748. The van der Waals surface area contributed by atoms with E-state index in [0.717, 1.165) is 44.7 Å². The molecule has 2 aromatic rings. The van der Waals surface area contributed by atoms with Crippen LogP contribution < -0.4 is 5.73 Å². The highest BCUT2D eigenvalue weighted by atomic mass is 16.2. The Labute approximate surface area is 124 Å². The lowest BCUT2D eigenvalue weighted by molar-refractivity contribution is 0.0763. The lowest BCUT2D eigenvalue weighted by Gasteiger charge is -2.21. The second-order valence-corrected chi connectivity index (χ2v) is 5.36. The molecule has 2 N–H and O–H groups in total. The molecule has 1 aliphatic heterocycles. The molecule has 0 aliphatic carbocycles. The third kappa shape index (κ3) is 2.91. The van der Waals surface area contributed by atoms with Crippen LogP contribution in [0.4, 0.5) is 0 Å². The van der Waals surface area contributed by atoms with Crippen molar-refractivity contribution in [2.45, 2.75) is 6.42 Å². The molecule has 1 saturated heterocycles. The first-order valence-corrected chi connectivity index (χ1v) is 7.43. The van der Waals surface area contributed by atoms with E-state index in [2.05, 4.69) is 10.00 Å². The molecular weight excluding hydrogens is 266 g/mol. The fraction of sp³-hybridized carbons (Fsp3) is 0.467. The summed E-state index contributed by atoms with van der Waals surface area (Å²) in [7, 11) is 0. The maximum absolute atomic E-state index is 12.7. The normalized spacial score (nSPS) is 17.1. The monoisotopic (exact) mass is 287 g/mol. The Morgan fingerprint density at radius 1 is 1.24 bits per heavy atom. The predicted octanol–water partition coefficient (Wildman–Crippen LogP) is 0.441. The summed E-state index contributed by atoms with van der Waals surface area (Å²) >= 11 is 0. The van der Waals surface area contributed by atoms with Crippen molar-refractivity contribution in [3.63, 3.8) is 0 Å². The van der Waals surface area contributed by atoms with E-state index in [1.165, 1.54) is 0 Å². The third-order valence-corrected chi connectivity index (χ3v) is 3.98. The fourth-order valence-corrected chi connectivity index (χ4v) is 2.85. The van der Waals surface area contributed by atoms with Gasteiger partial charge < -0.3 is 15.5 Å². The molecule has 6 heteroatoms. The summed E-state index contributed by atoms with van der Waals surface area (Å²) in [6.07, 6.45) is 4.52. The number of nitrogens with two attached hydrogens (primary N) is 1. The maximum Gasteiger partial charge on any atom is 0.257 e. The zero-order valence-electron chi connectivity index (χ0n) is 12.1. The standard InChI is InChI=1S/C15H21N5O/c16-5-9-18-6-3-7-19(11-10-18)15(21)13-12-17-20-8-2-1-4-14(13)20/h1-2,4,8,12H,3,5-7,9-11,16H2. The van der Waals surface area contributed by atoms with Gasteiger partial charge in [0.15, 0.2) is 0 Å². The second kappa shape index (κ2) is 6.24. The minimum atomic E-state index is 0.0748. The van der Waals surface area contributed by atoms with Crippen LogP contribution >= 0.6 is 0 Å². The predicted molar refractivity (Wildman–Crippen MR) is 81.2 cm³/mol. The van der Waals surface area contributed by atoms with Crippen molar-refractivity contribution >= 4 is 11.4 Å². The Morgan fingerprint density at radius 3 is 3.00 bits per heavy atom. The van der Waals surface area contributed by atoms with Crippen LogP contribution in [0.2, 0.25) is 0 Å². The highest BCUT2D eigenvalue weighted by molar-refractivity contribution is 6.00. The minimum Gasteiger partial charge on any atom is -0.337 e. The van der Waals surface area contributed by atoms with E-state index in [1.807, 2.05) is 29.3 Å². The molecule has 21 heavy (non-hydrogen) atoms. The van der Waals surface area contributed by atoms with Crippen molar-refractivity contribution in [2.24, 2.45) is 5.73 Å². The number of hydrogen-bond donors (Lipinski definition) is 1. The number of fused-ring (bicyclic) bond motifs is 1. The molecule has 1 aliphatic rings. The maximum atomic E-state index is 12.7. The van der Waals surface area contributed by atoms with E-state index < -0.39 is 0 Å². The Kier molecular flexibility index (Phi) is 4.17. The van der Waals surface area contributed by atoms with Gasteiger partial charge in [-0.05, 0) is 25.1 Å². The molecule has 0 bridgehead atoms. The van der Waals surface area contributed by atoms with Crippen LogP contribution in [0.25, 0.3) is 5.52 Å². The van der Waals surface area contributed by atoms with E-state index in [9.17, 15) is 4.79 Å². The van der Waals surface area contributed by atoms with Gasteiger partial charge in [0.25, 0.3) is 5.91 Å². The number of nitrogens with zero attached hydrogens (tertiary/aromatic N) is 4. The van der Waals surface area contributed by atoms with Gasteiger partial charge in [0.05, 0.1) is 17.3 Å². The Hall–Kier alpha value is -1.92. The third-order valence-electron chi connectivity index (χ3n) is 3.98. The average molecular weight is 287 g/mol. The Balaban J connectivity index is 1.76. The summed E-state index contributed by atoms with van der Waals surface area (Å²) in [6.45, 7) is 5.02. The van der Waals surface area contributed by atoms with E-state index in [-0.39, 0.29) is 5.91 Å². The summed E-state index contributed by atoms with van der Waals surface area (Å²) < 4.78 is 1.74. The first-order chi connectivity index (χ1) is 10.3. The van der Waals surface area contributed by atoms with Crippen LogP contribution in [0.5, 0.6) is 0 Å². The summed E-state index contributed by atoms with van der Waals surface area (Å²) in [6, 6.07) is 5.77. The van der Waals surface area contributed by atoms with Crippen molar-refractivity contribution in [1.82, 2.24) is 19.4 Å². The molecule has 0 radical (unpaired) electrons. The zero-order chi connectivity index (χ0) is 14.7. The van der Waals surface area contributed by atoms with Crippen LogP contribution in [-0.4, -0.2) is 64.6 Å². The van der Waals surface area contributed by atoms with Gasteiger partial charge in [-0.1, -0.05) is 6.07 Å². The fourth-order valence-electron chi connectivity index (χ4n) is 2.85. The van der Waals surface area contributed by atoms with E-state index >= 15 is 0 Å². The summed E-state index contributed by atoms with van der Waals surface area (Å²) in [5, 5.41) is 4.24. The van der Waals surface area contributed by atoms with Crippen molar-refractivity contribution in [3.05, 3.63) is 36.2 Å². The molecular formula is C15H21N5O. The number of rotatable bonds is 3. The van der Waals surface area contributed by atoms with Crippen LogP contribution in [-0.2, 0) is 0 Å². The molecule has 1 amide bonds. The number of amides is 1. The lowest BCUT2D eigenvalue weighted by Crippen LogP contribution is -2.36. The second-order valence-electron chi connectivity index (χ2n) is 5.36. The first kappa shape index (κ1) is 14.0. The molecule has 2 aromatic heterocycles. The first-order valence-electron chi connectivity index (χ1n) is 7.43. The van der Waals surface area contributed by atoms with Gasteiger partial charge in [-0.25, -0.2) is 4.52 Å². The molecule has 1 fully saturated rings. The van der Waals surface area contributed by atoms with Gasteiger partial charge in [0.2, 0.25) is 0 Å². The number of aromatic nitrogens is 2. The number of carbonyl (C=O) groups is 1. The highest BCUT2D eigenvalue weighted by Crippen LogP contribution is 2.14.